The zero-order valence-electron chi connectivity index (χ0n) is 32.9. The highest BCUT2D eigenvalue weighted by Gasteiger charge is 2.44. The van der Waals surface area contributed by atoms with Crippen molar-refractivity contribution in [2.45, 2.75) is 196 Å². The van der Waals surface area contributed by atoms with Crippen molar-refractivity contribution >= 4 is 12.0 Å². The number of hydrogen-bond acceptors (Lipinski definition) is 16. The highest BCUT2D eigenvalue weighted by Crippen LogP contribution is 2.26. The van der Waals surface area contributed by atoms with Gasteiger partial charge in [-0.15, -0.1) is 0 Å². The lowest BCUT2D eigenvalue weighted by Crippen LogP contribution is -2.58. The minimum Gasteiger partial charge on any atom is -0.393 e. The highest BCUT2D eigenvalue weighted by molar-refractivity contribution is 5.81. The summed E-state index contributed by atoms with van der Waals surface area (Å²) in [6.45, 7) is 7.30. The summed E-state index contributed by atoms with van der Waals surface area (Å²) in [6, 6.07) is 0. The van der Waals surface area contributed by atoms with Gasteiger partial charge in [-0.25, -0.2) is 0 Å². The van der Waals surface area contributed by atoms with Gasteiger partial charge < -0.3 is 70.8 Å². The van der Waals surface area contributed by atoms with Crippen LogP contribution in [0.3, 0.4) is 0 Å². The molecule has 0 aromatic heterocycles. The molecule has 1 fully saturated rings. The number of aliphatic hydroxyl groups is 12. The number of Topliss-reactive ketones (excluding diaryl/α,β-unsaturated/α-hetero) is 1. The fourth-order valence-corrected chi connectivity index (χ4v) is 6.48. The summed E-state index contributed by atoms with van der Waals surface area (Å²) >= 11 is 0. The summed E-state index contributed by atoms with van der Waals surface area (Å²) in [6.07, 6.45) is -7.51. The first-order valence-electron chi connectivity index (χ1n) is 19.7. The normalized spacial score (nSPS) is 27.1. The molecule has 0 aliphatic carbocycles. The Hall–Kier alpha value is -1.74. The summed E-state index contributed by atoms with van der Waals surface area (Å²) in [5, 5.41) is 123. The Kier molecular flexibility index (Phi) is 25.9. The molecule has 0 radical (unpaired) electrons. The molecule has 1 aliphatic heterocycles. The van der Waals surface area contributed by atoms with Crippen LogP contribution in [0.1, 0.15) is 105 Å². The lowest BCUT2D eigenvalue weighted by molar-refractivity contribution is -0.306. The first kappa shape index (κ1) is 51.3. The van der Waals surface area contributed by atoms with Crippen LogP contribution in [0, 0.1) is 5.92 Å². The van der Waals surface area contributed by atoms with E-state index >= 15 is 0 Å². The topological polar surface area (TPSA) is 291 Å². The molecular weight excluding hydrogens is 722 g/mol. The molecule has 16 unspecified atom stereocenters. The Bertz CT molecular complexity index is 1110. The van der Waals surface area contributed by atoms with Gasteiger partial charge in [0.05, 0.1) is 67.1 Å². The molecule has 322 valence electrons. The van der Waals surface area contributed by atoms with Crippen LogP contribution in [0.25, 0.3) is 0 Å². The van der Waals surface area contributed by atoms with Gasteiger partial charge in [0.25, 0.3) is 0 Å². The van der Waals surface area contributed by atoms with Crippen molar-refractivity contribution < 1.29 is 75.5 Å². The van der Waals surface area contributed by atoms with Crippen molar-refractivity contribution in [3.8, 4) is 0 Å². The SMILES string of the molecule is CC=NCCCC(O)CC(O)CC=CC(O)CC(O)CC(O)CC(O)CC=CC(O)CC(O)CC(O)CC(=O)C(C)C(CC)OC1OC(C)C(O)C(O)C1O. The fraction of sp³-hybridized carbons (Fsp3) is 0.846. The Balaban J connectivity index is 2.36. The van der Waals surface area contributed by atoms with Crippen LogP contribution in [0.2, 0.25) is 0 Å². The molecule has 0 bridgehead atoms. The Morgan fingerprint density at radius 1 is 0.709 bits per heavy atom. The smallest absolute Gasteiger partial charge is 0.186 e. The maximum absolute atomic E-state index is 12.9. The number of aliphatic hydroxyl groups excluding tert-OH is 12. The number of hydrogen-bond donors (Lipinski definition) is 12. The molecule has 55 heavy (non-hydrogen) atoms. The lowest BCUT2D eigenvalue weighted by atomic mass is 9.91. The zero-order valence-corrected chi connectivity index (χ0v) is 32.9. The third-order valence-electron chi connectivity index (χ3n) is 9.77. The van der Waals surface area contributed by atoms with Crippen LogP contribution in [0.5, 0.6) is 0 Å². The van der Waals surface area contributed by atoms with Crippen molar-refractivity contribution in [3.63, 3.8) is 0 Å². The average molecular weight is 794 g/mol. The van der Waals surface area contributed by atoms with Crippen molar-refractivity contribution in [3.05, 3.63) is 24.3 Å². The number of carbonyl (C=O) groups is 1. The molecule has 0 amide bonds. The molecule has 0 spiro atoms. The molecule has 0 aromatic carbocycles. The molecule has 0 saturated carbocycles. The average Bonchev–Trinajstić information content (AvgIpc) is 3.09. The number of aliphatic imine (C=N–C) groups is 1. The standard InChI is InChI=1S/C39H71NO15/c1-5-35(55-39-38(53)37(52)36(51)24(4)54-39)23(3)34(50)22-33(49)21-32(48)19-28(44)13-8-12-27(43)18-31(47)20-30(46)17-26(42)11-7-10-25(41)16-29(45)14-9-15-40-6-2/h6-8,11,13,23-33,35-39,41-49,51-53H,5,9-10,12,14-22H2,1-4H3. The summed E-state index contributed by atoms with van der Waals surface area (Å²) in [5.41, 5.74) is 0. The summed E-state index contributed by atoms with van der Waals surface area (Å²) in [7, 11) is 0. The van der Waals surface area contributed by atoms with Gasteiger partial charge in [-0.05, 0) is 77.8 Å². The lowest BCUT2D eigenvalue weighted by Gasteiger charge is -2.40. The molecule has 1 rings (SSSR count). The third kappa shape index (κ3) is 21.6. The van der Waals surface area contributed by atoms with Gasteiger partial charge in [0.15, 0.2) is 6.29 Å². The summed E-state index contributed by atoms with van der Waals surface area (Å²) < 4.78 is 11.2. The number of carbonyl (C=O) groups excluding carboxylic acids is 1. The molecule has 0 aromatic rings. The monoisotopic (exact) mass is 793 g/mol. The predicted octanol–water partition coefficient (Wildman–Crippen LogP) is -0.443. The van der Waals surface area contributed by atoms with Gasteiger partial charge in [-0.3, -0.25) is 9.79 Å². The summed E-state index contributed by atoms with van der Waals surface area (Å²) in [5.74, 6) is -1.10. The van der Waals surface area contributed by atoms with E-state index in [0.29, 0.717) is 25.8 Å². The Morgan fingerprint density at radius 3 is 1.73 bits per heavy atom. The van der Waals surface area contributed by atoms with Crippen LogP contribution in [-0.2, 0) is 14.3 Å². The number of rotatable bonds is 29. The molecule has 1 aliphatic rings. The van der Waals surface area contributed by atoms with Crippen LogP contribution >= 0.6 is 0 Å². The molecule has 1 heterocycles. The van der Waals surface area contributed by atoms with E-state index in [1.165, 1.54) is 25.2 Å². The second kappa shape index (κ2) is 27.8. The van der Waals surface area contributed by atoms with Gasteiger partial charge in [-0.2, -0.15) is 0 Å². The van der Waals surface area contributed by atoms with E-state index in [4.69, 9.17) is 9.47 Å². The number of ether oxygens (including phenoxy) is 2. The van der Waals surface area contributed by atoms with E-state index in [2.05, 4.69) is 4.99 Å². The predicted molar refractivity (Wildman–Crippen MR) is 204 cm³/mol. The van der Waals surface area contributed by atoms with E-state index in [1.807, 2.05) is 6.92 Å². The second-order valence-corrected chi connectivity index (χ2v) is 15.0. The van der Waals surface area contributed by atoms with Gasteiger partial charge in [0.2, 0.25) is 0 Å². The molecule has 16 nitrogen and oxygen atoms in total. The number of nitrogens with zero attached hydrogens (tertiary/aromatic N) is 1. The maximum Gasteiger partial charge on any atom is 0.186 e. The molecule has 16 heteroatoms. The van der Waals surface area contributed by atoms with Crippen molar-refractivity contribution in [2.75, 3.05) is 6.54 Å². The Morgan fingerprint density at radius 2 is 1.20 bits per heavy atom. The van der Waals surface area contributed by atoms with Crippen molar-refractivity contribution in [1.82, 2.24) is 0 Å². The fourth-order valence-electron chi connectivity index (χ4n) is 6.48. The zero-order chi connectivity index (χ0) is 41.7. The van der Waals surface area contributed by atoms with Gasteiger partial charge >= 0.3 is 0 Å². The minimum atomic E-state index is -1.53. The maximum atomic E-state index is 12.9. The van der Waals surface area contributed by atoms with Crippen LogP contribution in [0.4, 0.5) is 0 Å². The minimum absolute atomic E-state index is 0.0619. The van der Waals surface area contributed by atoms with E-state index in [0.717, 1.165) is 0 Å². The largest absolute Gasteiger partial charge is 0.393 e. The van der Waals surface area contributed by atoms with E-state index in [1.54, 1.807) is 26.1 Å². The Labute approximate surface area is 325 Å². The van der Waals surface area contributed by atoms with Gasteiger partial charge in [-0.1, -0.05) is 38.2 Å². The number of ketones is 1. The van der Waals surface area contributed by atoms with Crippen LogP contribution in [0.15, 0.2) is 29.3 Å². The molecule has 1 saturated heterocycles. The third-order valence-corrected chi connectivity index (χ3v) is 9.77. The van der Waals surface area contributed by atoms with Gasteiger partial charge in [0.1, 0.15) is 24.1 Å². The molecule has 16 atom stereocenters. The highest BCUT2D eigenvalue weighted by atomic mass is 16.7. The van der Waals surface area contributed by atoms with E-state index in [-0.39, 0.29) is 63.6 Å². The van der Waals surface area contributed by atoms with Crippen LogP contribution in [-0.4, -0.2) is 172 Å². The quantitative estimate of drug-likeness (QED) is 0.0260. The van der Waals surface area contributed by atoms with E-state index < -0.39 is 97.7 Å². The first-order valence-corrected chi connectivity index (χ1v) is 19.7. The van der Waals surface area contributed by atoms with Crippen molar-refractivity contribution in [2.24, 2.45) is 10.9 Å². The van der Waals surface area contributed by atoms with Gasteiger partial charge in [0, 0.05) is 31.7 Å². The van der Waals surface area contributed by atoms with Crippen LogP contribution < -0.4 is 0 Å². The molecular formula is C39H71NO15. The molecule has 12 N–H and O–H groups in total. The summed E-state index contributed by atoms with van der Waals surface area (Å²) in [4.78, 5) is 17.0. The first-order chi connectivity index (χ1) is 25.9. The van der Waals surface area contributed by atoms with Crippen molar-refractivity contribution in [1.29, 1.82) is 0 Å². The second-order valence-electron chi connectivity index (χ2n) is 15.0. The van der Waals surface area contributed by atoms with E-state index in [9.17, 15) is 66.1 Å².